The van der Waals surface area contributed by atoms with Crippen molar-refractivity contribution < 1.29 is 4.79 Å². The Kier molecular flexibility index (Phi) is 7.53. The number of nitrogens with zero attached hydrogens (tertiary/aromatic N) is 4. The van der Waals surface area contributed by atoms with E-state index in [9.17, 15) is 4.79 Å². The third-order valence-electron chi connectivity index (χ3n) is 10.1. The molecule has 3 saturated carbocycles. The molecule has 7 rings (SSSR count). The molecule has 0 aromatic heterocycles. The molecule has 2 N–H and O–H groups in total. The zero-order valence-corrected chi connectivity index (χ0v) is 25.6. The fraction of sp³-hybridized carbons (Fsp3) is 0.500. The Bertz CT molecular complexity index is 1310. The van der Waals surface area contributed by atoms with E-state index in [0.717, 1.165) is 71.3 Å². The Morgan fingerprint density at radius 3 is 2.48 bits per heavy atom. The first-order valence-corrected chi connectivity index (χ1v) is 15.4. The largest absolute Gasteiger partial charge is 0.325 e. The molecule has 40 heavy (non-hydrogen) atoms. The highest BCUT2D eigenvalue weighted by atomic mass is 79.9. The minimum absolute atomic E-state index is 0.0121. The number of nitrogens with one attached hydrogen (secondary N) is 2. The van der Waals surface area contributed by atoms with Crippen molar-refractivity contribution in [2.75, 3.05) is 38.5 Å². The highest BCUT2D eigenvalue weighted by molar-refractivity contribution is 9.10. The Balaban J connectivity index is 0.998. The molecular formula is C32H41BrN6O. The maximum absolute atomic E-state index is 13.2. The molecule has 2 aromatic rings. The van der Waals surface area contributed by atoms with Crippen LogP contribution in [0.2, 0.25) is 0 Å². The number of piperazine rings is 1. The number of carbonyl (C=O) groups excluding carboxylic acids is 1. The van der Waals surface area contributed by atoms with E-state index in [1.807, 2.05) is 42.6 Å². The van der Waals surface area contributed by atoms with Gasteiger partial charge in [-0.2, -0.15) is 0 Å². The number of carbonyl (C=O) groups is 1. The highest BCUT2D eigenvalue weighted by Gasteiger charge is 2.57. The minimum atomic E-state index is -0.0121. The zero-order chi connectivity index (χ0) is 28.0. The number of hydrogen-bond acceptors (Lipinski definition) is 4. The second kappa shape index (κ2) is 11.0. The second-order valence-corrected chi connectivity index (χ2v) is 13.4. The SMILES string of the molecule is CN=C(Nc1ccc(C(=O)N2C=Cc3ccc(Br)cc3C2)cc1)NN1CCN(C2CC3CC(C2C)C3(C)C)CC1. The van der Waals surface area contributed by atoms with Crippen LogP contribution in [0.1, 0.15) is 55.1 Å². The van der Waals surface area contributed by atoms with E-state index in [2.05, 4.69) is 74.5 Å². The molecule has 4 atom stereocenters. The fourth-order valence-corrected chi connectivity index (χ4v) is 7.88. The number of halogens is 1. The summed E-state index contributed by atoms with van der Waals surface area (Å²) in [6.45, 7) is 12.1. The van der Waals surface area contributed by atoms with E-state index in [1.54, 1.807) is 11.9 Å². The molecule has 1 saturated heterocycles. The summed E-state index contributed by atoms with van der Waals surface area (Å²) in [5.74, 6) is 3.26. The van der Waals surface area contributed by atoms with Crippen molar-refractivity contribution in [1.29, 1.82) is 0 Å². The van der Waals surface area contributed by atoms with Crippen molar-refractivity contribution in [3.05, 3.63) is 69.8 Å². The van der Waals surface area contributed by atoms with Crippen LogP contribution in [0.15, 0.2) is 58.1 Å². The molecule has 3 aliphatic carbocycles. The van der Waals surface area contributed by atoms with Crippen LogP contribution in [0, 0.1) is 23.2 Å². The summed E-state index contributed by atoms with van der Waals surface area (Å²) >= 11 is 3.53. The van der Waals surface area contributed by atoms with Gasteiger partial charge in [-0.25, -0.2) is 5.01 Å². The van der Waals surface area contributed by atoms with Gasteiger partial charge in [0.05, 0.1) is 6.54 Å². The molecule has 4 unspecified atom stereocenters. The Morgan fingerprint density at radius 1 is 1.05 bits per heavy atom. The summed E-state index contributed by atoms with van der Waals surface area (Å²) in [5.41, 5.74) is 7.85. The molecule has 0 spiro atoms. The van der Waals surface area contributed by atoms with Crippen molar-refractivity contribution in [1.82, 2.24) is 20.2 Å². The molecular weight excluding hydrogens is 564 g/mol. The number of anilines is 1. The zero-order valence-electron chi connectivity index (χ0n) is 24.0. The van der Waals surface area contributed by atoms with Crippen molar-refractivity contribution in [3.63, 3.8) is 0 Å². The van der Waals surface area contributed by atoms with Gasteiger partial charge in [0.1, 0.15) is 0 Å². The van der Waals surface area contributed by atoms with Crippen LogP contribution in [0.3, 0.4) is 0 Å². The molecule has 1 amide bonds. The summed E-state index contributed by atoms with van der Waals surface area (Å²) in [4.78, 5) is 22.1. The molecule has 2 heterocycles. The smallest absolute Gasteiger partial charge is 0.258 e. The first kappa shape index (κ1) is 27.5. The molecule has 2 bridgehead atoms. The lowest BCUT2D eigenvalue weighted by Gasteiger charge is -2.64. The van der Waals surface area contributed by atoms with Gasteiger partial charge in [0.15, 0.2) is 0 Å². The molecule has 7 nitrogen and oxygen atoms in total. The number of amides is 1. The van der Waals surface area contributed by atoms with Gasteiger partial charge >= 0.3 is 0 Å². The number of hydrogen-bond donors (Lipinski definition) is 2. The van der Waals surface area contributed by atoms with E-state index < -0.39 is 0 Å². The highest BCUT2D eigenvalue weighted by Crippen LogP contribution is 2.62. The fourth-order valence-electron chi connectivity index (χ4n) is 7.47. The normalized spacial score (nSPS) is 28.0. The summed E-state index contributed by atoms with van der Waals surface area (Å²) < 4.78 is 1.02. The Hall–Kier alpha value is -2.68. The van der Waals surface area contributed by atoms with Gasteiger partial charge in [0, 0.05) is 61.2 Å². The lowest BCUT2D eigenvalue weighted by Crippen LogP contribution is -2.64. The topological polar surface area (TPSA) is 63.2 Å². The van der Waals surface area contributed by atoms with Crippen molar-refractivity contribution in [3.8, 4) is 0 Å². The van der Waals surface area contributed by atoms with Gasteiger partial charge in [0.2, 0.25) is 5.96 Å². The first-order valence-electron chi connectivity index (χ1n) is 14.6. The van der Waals surface area contributed by atoms with Crippen molar-refractivity contribution >= 4 is 39.6 Å². The molecule has 2 aliphatic heterocycles. The Morgan fingerprint density at radius 2 is 1.80 bits per heavy atom. The summed E-state index contributed by atoms with van der Waals surface area (Å²) in [7, 11) is 1.79. The number of hydrazine groups is 1. The predicted octanol–water partition coefficient (Wildman–Crippen LogP) is 5.67. The number of benzene rings is 2. The van der Waals surface area contributed by atoms with Crippen LogP contribution in [-0.4, -0.2) is 65.9 Å². The molecule has 212 valence electrons. The second-order valence-electron chi connectivity index (χ2n) is 12.5. The van der Waals surface area contributed by atoms with Crippen LogP contribution in [0.25, 0.3) is 6.08 Å². The monoisotopic (exact) mass is 604 g/mol. The quantitative estimate of drug-likeness (QED) is 0.348. The minimum Gasteiger partial charge on any atom is -0.325 e. The van der Waals surface area contributed by atoms with Crippen LogP contribution in [-0.2, 0) is 6.54 Å². The number of fused-ring (bicyclic) bond motifs is 3. The number of rotatable bonds is 4. The predicted molar refractivity (Wildman–Crippen MR) is 166 cm³/mol. The van der Waals surface area contributed by atoms with Crippen LogP contribution < -0.4 is 10.7 Å². The first-order chi connectivity index (χ1) is 19.2. The lowest BCUT2D eigenvalue weighted by atomic mass is 9.44. The van der Waals surface area contributed by atoms with Crippen molar-refractivity contribution in [2.24, 2.45) is 28.2 Å². The summed E-state index contributed by atoms with van der Waals surface area (Å²) in [6, 6.07) is 14.5. The summed E-state index contributed by atoms with van der Waals surface area (Å²) in [6.07, 6.45) is 6.66. The van der Waals surface area contributed by atoms with Crippen molar-refractivity contribution in [2.45, 2.75) is 46.2 Å². The van der Waals surface area contributed by atoms with Gasteiger partial charge in [0.25, 0.3) is 5.91 Å². The standard InChI is InChI=1S/C32H41BrN6O/c1-21-28-18-25(32(28,2)3)19-29(21)37-13-15-39(16-14-37)36-31(34-4)35-27-9-6-23(7-10-27)30(40)38-12-11-22-5-8-26(33)17-24(22)20-38/h5-12,17,21,25,28-29H,13-16,18-20H2,1-4H3,(H2,34,35,36). The van der Waals surface area contributed by atoms with Gasteiger partial charge in [-0.1, -0.05) is 42.8 Å². The van der Waals surface area contributed by atoms with E-state index in [1.165, 1.54) is 12.8 Å². The van der Waals surface area contributed by atoms with Crippen LogP contribution in [0.4, 0.5) is 5.69 Å². The molecule has 0 radical (unpaired) electrons. The maximum Gasteiger partial charge on any atom is 0.258 e. The van der Waals surface area contributed by atoms with Crippen LogP contribution >= 0.6 is 15.9 Å². The molecule has 4 fully saturated rings. The third kappa shape index (κ3) is 5.21. The summed E-state index contributed by atoms with van der Waals surface area (Å²) in [5, 5.41) is 5.65. The van der Waals surface area contributed by atoms with E-state index in [4.69, 9.17) is 0 Å². The maximum atomic E-state index is 13.2. The molecule has 8 heteroatoms. The van der Waals surface area contributed by atoms with Crippen LogP contribution in [0.5, 0.6) is 0 Å². The van der Waals surface area contributed by atoms with Gasteiger partial charge < -0.3 is 10.2 Å². The van der Waals surface area contributed by atoms with Gasteiger partial charge in [-0.15, -0.1) is 0 Å². The molecule has 2 aromatic carbocycles. The van der Waals surface area contributed by atoms with E-state index in [0.29, 0.717) is 23.5 Å². The average Bonchev–Trinajstić information content (AvgIpc) is 2.96. The number of guanidine groups is 1. The number of aliphatic imine (C=N–C) groups is 1. The average molecular weight is 606 g/mol. The molecule has 5 aliphatic rings. The third-order valence-corrected chi connectivity index (χ3v) is 10.6. The lowest BCUT2D eigenvalue weighted by molar-refractivity contribution is -0.143. The van der Waals surface area contributed by atoms with E-state index >= 15 is 0 Å². The Labute approximate surface area is 246 Å². The van der Waals surface area contributed by atoms with Gasteiger partial charge in [-0.05, 0) is 89.6 Å². The van der Waals surface area contributed by atoms with E-state index in [-0.39, 0.29) is 5.91 Å². The van der Waals surface area contributed by atoms with Gasteiger partial charge in [-0.3, -0.25) is 20.1 Å².